The van der Waals surface area contributed by atoms with E-state index in [1.54, 1.807) is 24.0 Å². The molecule has 3 heterocycles. The van der Waals surface area contributed by atoms with Gasteiger partial charge in [-0.2, -0.15) is 13.2 Å². The highest BCUT2D eigenvalue weighted by molar-refractivity contribution is 7.10. The molecular formula is C43H41F3N6O3S. The van der Waals surface area contributed by atoms with Gasteiger partial charge in [-0.3, -0.25) is 24.4 Å². The second-order valence-corrected chi connectivity index (χ2v) is 14.3. The molecule has 0 spiro atoms. The van der Waals surface area contributed by atoms with E-state index in [1.165, 1.54) is 11.3 Å². The molecular weight excluding hydrogens is 738 g/mol. The molecule has 0 saturated carbocycles. The van der Waals surface area contributed by atoms with Crippen molar-refractivity contribution in [3.05, 3.63) is 154 Å². The van der Waals surface area contributed by atoms with Crippen molar-refractivity contribution in [2.24, 2.45) is 15.7 Å². The minimum atomic E-state index is -4.31. The molecule has 7 rings (SSSR count). The predicted molar refractivity (Wildman–Crippen MR) is 216 cm³/mol. The number of alkyl halides is 3. The van der Waals surface area contributed by atoms with Crippen LogP contribution >= 0.6 is 11.3 Å². The number of nitrogens with one attached hydrogen (secondary N) is 2. The minimum Gasteiger partial charge on any atom is -0.353 e. The van der Waals surface area contributed by atoms with Gasteiger partial charge in [0.25, 0.3) is 0 Å². The van der Waals surface area contributed by atoms with Crippen molar-refractivity contribution < 1.29 is 27.6 Å². The first-order valence-electron chi connectivity index (χ1n) is 18.1. The predicted octanol–water partition coefficient (Wildman–Crippen LogP) is 7.19. The Labute approximate surface area is 327 Å². The summed E-state index contributed by atoms with van der Waals surface area (Å²) >= 11 is 1.44. The number of hydrogen-bond donors (Lipinski definition) is 3. The molecule has 9 nitrogen and oxygen atoms in total. The number of nitrogens with two attached hydrogens (primary N) is 1. The first-order valence-corrected chi connectivity index (χ1v) is 19.0. The summed E-state index contributed by atoms with van der Waals surface area (Å²) in [4.78, 5) is 49.6. The number of rotatable bonds is 10. The molecule has 5 aromatic rings. The number of amides is 2. The molecule has 288 valence electrons. The van der Waals surface area contributed by atoms with Crippen LogP contribution in [0.1, 0.15) is 46.9 Å². The fourth-order valence-corrected chi connectivity index (χ4v) is 7.28. The van der Waals surface area contributed by atoms with E-state index in [4.69, 9.17) is 10.7 Å². The van der Waals surface area contributed by atoms with Gasteiger partial charge in [0.2, 0.25) is 11.8 Å². The first kappa shape index (κ1) is 39.8. The lowest BCUT2D eigenvalue weighted by Crippen LogP contribution is -2.56. The maximum atomic E-state index is 13.7. The second-order valence-electron chi connectivity index (χ2n) is 13.3. The Morgan fingerprint density at radius 1 is 0.875 bits per heavy atom. The van der Waals surface area contributed by atoms with E-state index < -0.39 is 36.6 Å². The molecule has 0 bridgehead atoms. The summed E-state index contributed by atoms with van der Waals surface area (Å²) in [6, 6.07) is 35.8. The Morgan fingerprint density at radius 3 is 2.16 bits per heavy atom. The van der Waals surface area contributed by atoms with Gasteiger partial charge in [0.05, 0.1) is 29.6 Å². The summed E-state index contributed by atoms with van der Waals surface area (Å²) in [5.74, 6) is -0.805. The molecule has 3 atom stereocenters. The lowest BCUT2D eigenvalue weighted by Gasteiger charge is -2.34. The number of para-hydroxylation sites is 2. The van der Waals surface area contributed by atoms with Gasteiger partial charge < -0.3 is 21.3 Å². The highest BCUT2D eigenvalue weighted by Crippen LogP contribution is 2.32. The number of hydrogen-bond acceptors (Lipinski definition) is 8. The third-order valence-corrected chi connectivity index (χ3v) is 10.1. The quantitative estimate of drug-likeness (QED) is 0.138. The zero-order valence-electron chi connectivity index (χ0n) is 30.6. The standard InChI is InChI=1S/C28H29F3N4O2S.C15H12N2O/c1-18(33-23(36)17-20-11-7-16-38-20)26(37)25-27(32)35(15-8-14-28(29,30)31)22-13-6-5-12-21(22)24(34-25)19-9-3-2-4-10-19;18-14-10-16-15(11-6-2-1-3-7-11)12-8-4-5-9-13(12)17-14/h2-7,9-13,16,18,25,27H,8,14-15,17,32H2,1H3,(H,33,36);1-9H,10H2,(H,17,18). The third kappa shape index (κ3) is 10.0. The second kappa shape index (κ2) is 18.1. The van der Waals surface area contributed by atoms with Crippen LogP contribution in [0.25, 0.3) is 0 Å². The van der Waals surface area contributed by atoms with Gasteiger partial charge in [-0.15, -0.1) is 11.3 Å². The number of carbonyl (C=O) groups is 3. The number of ketones is 1. The highest BCUT2D eigenvalue weighted by Gasteiger charge is 2.38. The molecule has 0 saturated heterocycles. The van der Waals surface area contributed by atoms with Crippen molar-refractivity contribution in [1.82, 2.24) is 5.32 Å². The van der Waals surface area contributed by atoms with E-state index in [9.17, 15) is 27.6 Å². The molecule has 0 fully saturated rings. The number of thiophene rings is 1. The third-order valence-electron chi connectivity index (χ3n) is 9.22. The Morgan fingerprint density at radius 2 is 1.50 bits per heavy atom. The largest absolute Gasteiger partial charge is 0.389 e. The van der Waals surface area contributed by atoms with Crippen LogP contribution in [0.4, 0.5) is 24.5 Å². The highest BCUT2D eigenvalue weighted by atomic mass is 32.1. The van der Waals surface area contributed by atoms with Crippen molar-refractivity contribution in [2.75, 3.05) is 23.3 Å². The van der Waals surface area contributed by atoms with Gasteiger partial charge in [0.15, 0.2) is 5.78 Å². The average molecular weight is 779 g/mol. The van der Waals surface area contributed by atoms with Crippen LogP contribution in [-0.2, 0) is 20.8 Å². The van der Waals surface area contributed by atoms with E-state index in [2.05, 4.69) is 15.6 Å². The zero-order valence-corrected chi connectivity index (χ0v) is 31.4. The topological polar surface area (TPSA) is 129 Å². The number of benzodiazepines with no additional fused rings is 2. The number of carbonyl (C=O) groups excluding carboxylic acids is 3. The van der Waals surface area contributed by atoms with Crippen molar-refractivity contribution in [2.45, 2.75) is 50.6 Å². The van der Waals surface area contributed by atoms with E-state index >= 15 is 0 Å². The molecule has 4 N–H and O–H groups in total. The van der Waals surface area contributed by atoms with Crippen molar-refractivity contribution in [3.8, 4) is 0 Å². The maximum absolute atomic E-state index is 13.7. The smallest absolute Gasteiger partial charge is 0.353 e. The van der Waals surface area contributed by atoms with Crippen LogP contribution in [0.2, 0.25) is 0 Å². The lowest BCUT2D eigenvalue weighted by molar-refractivity contribution is -0.135. The monoisotopic (exact) mass is 778 g/mol. The number of aliphatic imine (C=N–C) groups is 2. The Bertz CT molecular complexity index is 2190. The van der Waals surface area contributed by atoms with Gasteiger partial charge in [-0.25, -0.2) is 0 Å². The number of nitrogens with zero attached hydrogens (tertiary/aromatic N) is 3. The van der Waals surface area contributed by atoms with E-state index in [-0.39, 0.29) is 37.7 Å². The molecule has 2 amide bonds. The minimum absolute atomic E-state index is 0.0157. The van der Waals surface area contributed by atoms with Crippen LogP contribution in [0.5, 0.6) is 0 Å². The van der Waals surface area contributed by atoms with Crippen LogP contribution < -0.4 is 21.3 Å². The van der Waals surface area contributed by atoms with Crippen LogP contribution in [0.3, 0.4) is 0 Å². The maximum Gasteiger partial charge on any atom is 0.389 e. The summed E-state index contributed by atoms with van der Waals surface area (Å²) in [6.45, 7) is 1.72. The molecule has 0 radical (unpaired) electrons. The van der Waals surface area contributed by atoms with Gasteiger partial charge in [0, 0.05) is 45.8 Å². The number of fused-ring (bicyclic) bond motifs is 2. The molecule has 1 aromatic heterocycles. The number of anilines is 2. The van der Waals surface area contributed by atoms with E-state index in [1.807, 2.05) is 115 Å². The van der Waals surface area contributed by atoms with E-state index in [0.717, 1.165) is 33.0 Å². The van der Waals surface area contributed by atoms with Crippen LogP contribution in [0, 0.1) is 0 Å². The van der Waals surface area contributed by atoms with Crippen LogP contribution in [-0.4, -0.2) is 66.5 Å². The summed E-state index contributed by atoms with van der Waals surface area (Å²) in [6.07, 6.45) is -6.37. The Hall–Kier alpha value is -5.92. The molecule has 0 aliphatic carbocycles. The lowest BCUT2D eigenvalue weighted by atomic mass is 10.00. The van der Waals surface area contributed by atoms with E-state index in [0.29, 0.717) is 17.0 Å². The SMILES string of the molecule is CC(NC(=O)Cc1cccs1)C(=O)C1N=C(c2ccccc2)c2ccccc2N(CCCC(F)(F)F)C1N.O=C1CN=C(c2ccccc2)c2ccccc2N1. The number of benzene rings is 4. The first-order chi connectivity index (χ1) is 27.0. The fourth-order valence-electron chi connectivity index (χ4n) is 6.58. The van der Waals surface area contributed by atoms with Gasteiger partial charge in [0.1, 0.15) is 18.8 Å². The molecule has 2 aliphatic rings. The fraction of sp³-hybridized carbons (Fsp3) is 0.233. The van der Waals surface area contributed by atoms with Crippen molar-refractivity contribution in [1.29, 1.82) is 0 Å². The molecule has 4 aromatic carbocycles. The molecule has 3 unspecified atom stereocenters. The van der Waals surface area contributed by atoms with Crippen molar-refractivity contribution in [3.63, 3.8) is 0 Å². The summed E-state index contributed by atoms with van der Waals surface area (Å²) < 4.78 is 38.9. The molecule has 2 aliphatic heterocycles. The average Bonchev–Trinajstić information content (AvgIpc) is 3.59. The van der Waals surface area contributed by atoms with Gasteiger partial charge in [-0.05, 0) is 36.9 Å². The van der Waals surface area contributed by atoms with Crippen LogP contribution in [0.15, 0.2) is 137 Å². The van der Waals surface area contributed by atoms with Gasteiger partial charge in [-0.1, -0.05) is 103 Å². The Balaban J connectivity index is 0.000000244. The summed E-state index contributed by atoms with van der Waals surface area (Å²) in [5.41, 5.74) is 12.8. The number of Topliss-reactive ketones (excluding diaryl/α,β-unsaturated/α-hetero) is 1. The van der Waals surface area contributed by atoms with Crippen molar-refractivity contribution >= 4 is 51.7 Å². The summed E-state index contributed by atoms with van der Waals surface area (Å²) in [7, 11) is 0. The Kier molecular flexibility index (Phi) is 12.9. The zero-order chi connectivity index (χ0) is 39.7. The normalized spacial score (nSPS) is 16.9. The van der Waals surface area contributed by atoms with Gasteiger partial charge >= 0.3 is 6.18 Å². The molecule has 56 heavy (non-hydrogen) atoms. The summed E-state index contributed by atoms with van der Waals surface area (Å²) in [5, 5.41) is 7.47. The molecule has 13 heteroatoms. The number of halogens is 3.